The molecule has 2 aromatic rings. The molecular weight excluding hydrogens is 421 g/mol. The monoisotopic (exact) mass is 436 g/mol. The minimum atomic E-state index is -4.83. The molecule has 0 aliphatic carbocycles. The van der Waals surface area contributed by atoms with Crippen LogP contribution in [-0.2, 0) is 21.8 Å². The van der Waals surface area contributed by atoms with Crippen LogP contribution in [0.2, 0.25) is 5.02 Å². The van der Waals surface area contributed by atoms with Gasteiger partial charge in [0, 0.05) is 12.6 Å². The molecule has 2 aromatic carbocycles. The number of nitro groups is 1. The molecule has 6 nitrogen and oxygen atoms in total. The van der Waals surface area contributed by atoms with E-state index in [0.29, 0.717) is 11.6 Å². The fourth-order valence-corrected chi connectivity index (χ4v) is 4.19. The zero-order valence-corrected chi connectivity index (χ0v) is 15.9. The smallest absolute Gasteiger partial charge is 0.379 e. The Morgan fingerprint density at radius 3 is 2.36 bits per heavy atom. The van der Waals surface area contributed by atoms with Crippen LogP contribution in [0.3, 0.4) is 0 Å². The number of alkyl halides is 3. The van der Waals surface area contributed by atoms with Gasteiger partial charge in [-0.2, -0.15) is 13.2 Å². The highest BCUT2D eigenvalue weighted by molar-refractivity contribution is 7.90. The maximum atomic E-state index is 12.8. The van der Waals surface area contributed by atoms with E-state index in [1.165, 1.54) is 0 Å². The molecule has 0 heterocycles. The molecular formula is C17H16ClF3N2O4S. The Labute approximate surface area is 164 Å². The average Bonchev–Trinajstić information content (AvgIpc) is 2.58. The van der Waals surface area contributed by atoms with Gasteiger partial charge in [-0.25, -0.2) is 8.42 Å². The van der Waals surface area contributed by atoms with Gasteiger partial charge in [0.2, 0.25) is 0 Å². The number of hydrogen-bond donors (Lipinski definition) is 1. The van der Waals surface area contributed by atoms with Crippen molar-refractivity contribution in [1.82, 2.24) is 0 Å². The van der Waals surface area contributed by atoms with Gasteiger partial charge in [-0.1, -0.05) is 41.9 Å². The Hall–Kier alpha value is -2.33. The van der Waals surface area contributed by atoms with Crippen LogP contribution in [0.5, 0.6) is 0 Å². The van der Waals surface area contributed by atoms with Crippen molar-refractivity contribution in [2.75, 3.05) is 17.6 Å². The zero-order valence-electron chi connectivity index (χ0n) is 14.4. The third kappa shape index (κ3) is 6.10. The molecule has 0 fully saturated rings. The topological polar surface area (TPSA) is 89.3 Å². The fraction of sp³-hybridized carbons (Fsp3) is 0.294. The van der Waals surface area contributed by atoms with Gasteiger partial charge in [-0.05, 0) is 18.1 Å². The van der Waals surface area contributed by atoms with Crippen LogP contribution in [0.4, 0.5) is 24.5 Å². The maximum absolute atomic E-state index is 12.8. The molecule has 0 spiro atoms. The van der Waals surface area contributed by atoms with Gasteiger partial charge >= 0.3 is 6.18 Å². The predicted molar refractivity (Wildman–Crippen MR) is 100 cm³/mol. The van der Waals surface area contributed by atoms with Crippen molar-refractivity contribution in [3.63, 3.8) is 0 Å². The Morgan fingerprint density at radius 1 is 1.14 bits per heavy atom. The van der Waals surface area contributed by atoms with Gasteiger partial charge in [0.1, 0.15) is 5.69 Å². The van der Waals surface area contributed by atoms with Crippen LogP contribution in [0, 0.1) is 10.1 Å². The van der Waals surface area contributed by atoms with Crippen LogP contribution in [0.15, 0.2) is 42.5 Å². The van der Waals surface area contributed by atoms with Crippen LogP contribution in [0.1, 0.15) is 17.5 Å². The van der Waals surface area contributed by atoms with Crippen molar-refractivity contribution >= 4 is 32.8 Å². The summed E-state index contributed by atoms with van der Waals surface area (Å²) < 4.78 is 62.8. The number of nitrogens with zero attached hydrogens (tertiary/aromatic N) is 1. The van der Waals surface area contributed by atoms with Gasteiger partial charge in [-0.15, -0.1) is 0 Å². The summed E-state index contributed by atoms with van der Waals surface area (Å²) >= 11 is 5.59. The molecule has 28 heavy (non-hydrogen) atoms. The van der Waals surface area contributed by atoms with Crippen molar-refractivity contribution in [2.45, 2.75) is 18.3 Å². The van der Waals surface area contributed by atoms with E-state index in [4.69, 9.17) is 11.6 Å². The Kier molecular flexibility index (Phi) is 6.89. The van der Waals surface area contributed by atoms with E-state index in [1.54, 1.807) is 30.3 Å². The predicted octanol–water partition coefficient (Wildman–Crippen LogP) is 4.68. The summed E-state index contributed by atoms with van der Waals surface area (Å²) in [6, 6.07) is 9.76. The minimum Gasteiger partial charge on any atom is -0.379 e. The highest BCUT2D eigenvalue weighted by atomic mass is 35.5. The lowest BCUT2D eigenvalue weighted by molar-refractivity contribution is -0.384. The van der Waals surface area contributed by atoms with E-state index in [-0.39, 0.29) is 30.2 Å². The quantitative estimate of drug-likeness (QED) is 0.368. The van der Waals surface area contributed by atoms with Crippen LogP contribution in [-0.4, -0.2) is 25.6 Å². The number of nitrogens with one attached hydrogen (secondary N) is 1. The minimum absolute atomic E-state index is 0.0105. The second-order valence-corrected chi connectivity index (χ2v) is 8.55. The van der Waals surface area contributed by atoms with Crippen LogP contribution in [0.25, 0.3) is 0 Å². The molecule has 0 aliphatic rings. The van der Waals surface area contributed by atoms with Crippen molar-refractivity contribution in [2.24, 2.45) is 0 Å². The molecule has 0 amide bonds. The number of anilines is 1. The first kappa shape index (κ1) is 22.0. The summed E-state index contributed by atoms with van der Waals surface area (Å²) in [5.74, 6) is -0.322. The van der Waals surface area contributed by atoms with E-state index in [1.807, 2.05) is 0 Å². The summed E-state index contributed by atoms with van der Waals surface area (Å²) in [6.45, 7) is 0.0105. The van der Waals surface area contributed by atoms with Crippen molar-refractivity contribution in [3.8, 4) is 0 Å². The third-order valence-electron chi connectivity index (χ3n) is 3.76. The lowest BCUT2D eigenvalue weighted by atomic mass is 10.1. The summed E-state index contributed by atoms with van der Waals surface area (Å²) in [4.78, 5) is 10.1. The SMILES string of the molecule is O=[N+]([O-])c1cc(C(F)(F)F)c(Cl)cc1NCCCS(=O)(=O)Cc1ccccc1. The first-order valence-electron chi connectivity index (χ1n) is 8.03. The first-order chi connectivity index (χ1) is 13.0. The molecule has 1 N–H and O–H groups in total. The second-order valence-electron chi connectivity index (χ2n) is 5.96. The van der Waals surface area contributed by atoms with Gasteiger partial charge < -0.3 is 5.32 Å². The van der Waals surface area contributed by atoms with Gasteiger partial charge in [0.15, 0.2) is 9.84 Å². The summed E-state index contributed by atoms with van der Waals surface area (Å²) in [5.41, 5.74) is -1.66. The molecule has 0 aliphatic heterocycles. The largest absolute Gasteiger partial charge is 0.418 e. The lowest BCUT2D eigenvalue weighted by Crippen LogP contribution is -2.14. The van der Waals surface area contributed by atoms with Gasteiger partial charge in [0.25, 0.3) is 5.69 Å². The Balaban J connectivity index is 2.02. The molecule has 0 bridgehead atoms. The Morgan fingerprint density at radius 2 is 1.79 bits per heavy atom. The van der Waals surface area contributed by atoms with E-state index in [9.17, 15) is 31.7 Å². The standard InChI is InChI=1S/C17H16ClF3N2O4S/c18-14-10-15(16(23(24)25)9-13(14)17(19,20)21)22-7-4-8-28(26,27)11-12-5-2-1-3-6-12/h1-3,5-6,9-10,22H,4,7-8,11H2. The van der Waals surface area contributed by atoms with Gasteiger partial charge in [-0.3, -0.25) is 10.1 Å². The van der Waals surface area contributed by atoms with Crippen LogP contribution < -0.4 is 5.32 Å². The third-order valence-corrected chi connectivity index (χ3v) is 5.76. The number of hydrogen-bond acceptors (Lipinski definition) is 5. The average molecular weight is 437 g/mol. The first-order valence-corrected chi connectivity index (χ1v) is 10.2. The summed E-state index contributed by atoms with van der Waals surface area (Å²) in [5, 5.41) is 13.0. The second kappa shape index (κ2) is 8.78. The van der Waals surface area contributed by atoms with E-state index >= 15 is 0 Å². The molecule has 0 atom stereocenters. The normalized spacial score (nSPS) is 12.0. The van der Waals surface area contributed by atoms with Gasteiger partial charge in [0.05, 0.1) is 27.0 Å². The number of sulfone groups is 1. The molecule has 0 unspecified atom stereocenters. The number of halogens is 4. The van der Waals surface area contributed by atoms with Crippen molar-refractivity contribution in [1.29, 1.82) is 0 Å². The zero-order chi connectivity index (χ0) is 20.9. The highest BCUT2D eigenvalue weighted by Gasteiger charge is 2.36. The lowest BCUT2D eigenvalue weighted by Gasteiger charge is -2.12. The van der Waals surface area contributed by atoms with E-state index in [2.05, 4.69) is 5.32 Å². The molecule has 11 heteroatoms. The summed E-state index contributed by atoms with van der Waals surface area (Å²) in [6.07, 6.45) is -4.71. The fourth-order valence-electron chi connectivity index (χ4n) is 2.49. The number of nitro benzene ring substituents is 1. The highest BCUT2D eigenvalue weighted by Crippen LogP contribution is 2.40. The molecule has 0 saturated carbocycles. The molecule has 152 valence electrons. The van der Waals surface area contributed by atoms with Crippen molar-refractivity contribution in [3.05, 3.63) is 68.7 Å². The van der Waals surface area contributed by atoms with E-state index in [0.717, 1.165) is 6.07 Å². The Bertz CT molecular complexity index is 951. The summed E-state index contributed by atoms with van der Waals surface area (Å²) in [7, 11) is -3.40. The van der Waals surface area contributed by atoms with Crippen LogP contribution >= 0.6 is 11.6 Å². The molecule has 0 radical (unpaired) electrons. The maximum Gasteiger partial charge on any atom is 0.418 e. The number of benzene rings is 2. The molecule has 0 saturated heterocycles. The number of rotatable bonds is 8. The van der Waals surface area contributed by atoms with Crippen molar-refractivity contribution < 1.29 is 26.5 Å². The molecule has 2 rings (SSSR count). The van der Waals surface area contributed by atoms with E-state index < -0.39 is 37.2 Å². The molecule has 0 aromatic heterocycles.